The molecule has 0 spiro atoms. The summed E-state index contributed by atoms with van der Waals surface area (Å²) in [6.45, 7) is 0. The van der Waals surface area contributed by atoms with Crippen molar-refractivity contribution in [2.45, 2.75) is 6.42 Å². The smallest absolute Gasteiger partial charge is 0.164 e. The quantitative estimate of drug-likeness (QED) is 0.502. The number of alkyl halides is 1. The van der Waals surface area contributed by atoms with Crippen LogP contribution in [0.15, 0.2) is 39.4 Å². The first kappa shape index (κ1) is 15.3. The number of imidazole rings is 1. The Morgan fingerprint density at radius 3 is 2.81 bits per heavy atom. The van der Waals surface area contributed by atoms with Gasteiger partial charge in [0.2, 0.25) is 0 Å². The van der Waals surface area contributed by atoms with Crippen LogP contribution in [0.4, 0.5) is 0 Å². The van der Waals surface area contributed by atoms with Crippen LogP contribution in [0.25, 0.3) is 16.9 Å². The minimum atomic E-state index is 0.489. The van der Waals surface area contributed by atoms with Gasteiger partial charge in [-0.1, -0.05) is 17.7 Å². The molecule has 3 aromatic rings. The van der Waals surface area contributed by atoms with E-state index >= 15 is 0 Å². The first-order valence-electron chi connectivity index (χ1n) is 6.15. The summed E-state index contributed by atoms with van der Waals surface area (Å²) in [5, 5.41) is 0.642. The first-order valence-corrected chi connectivity index (χ1v) is 8.65. The number of hydrogen-bond acceptors (Lipinski definition) is 2. The molecule has 0 N–H and O–H groups in total. The van der Waals surface area contributed by atoms with E-state index in [9.17, 15) is 0 Å². The monoisotopic (exact) mass is 447 g/mol. The molecule has 0 aliphatic heterocycles. The molecule has 0 unspecified atom stereocenters. The maximum atomic E-state index is 6.20. The Balaban J connectivity index is 2.33. The largest absolute Gasteiger partial charge is 0.279 e. The van der Waals surface area contributed by atoms with Gasteiger partial charge >= 0.3 is 0 Å². The third-order valence-corrected chi connectivity index (χ3v) is 5.02. The Hall–Kier alpha value is -0.620. The van der Waals surface area contributed by atoms with E-state index in [0.29, 0.717) is 17.3 Å². The zero-order valence-electron chi connectivity index (χ0n) is 10.7. The molecule has 108 valence electrons. The third kappa shape index (κ3) is 2.84. The standard InChI is InChI=1S/C14H9Br2Cl2N3/c15-8-6-10-14(19-7-8)21(12(20-10)4-5-17)11-3-1-2-9(18)13(11)16/h1-3,6-7H,4-5H2. The maximum absolute atomic E-state index is 6.20. The molecule has 7 heteroatoms. The molecule has 2 aromatic heterocycles. The lowest BCUT2D eigenvalue weighted by molar-refractivity contribution is 0.902. The molecular weight excluding hydrogens is 441 g/mol. The number of fused-ring (bicyclic) bond motifs is 1. The summed E-state index contributed by atoms with van der Waals surface area (Å²) in [4.78, 5) is 9.11. The average Bonchev–Trinajstić information content (AvgIpc) is 2.79. The molecule has 0 amide bonds. The number of aromatic nitrogens is 3. The van der Waals surface area contributed by atoms with Crippen molar-refractivity contribution in [3.8, 4) is 5.69 Å². The van der Waals surface area contributed by atoms with Gasteiger partial charge in [0, 0.05) is 23.0 Å². The fourth-order valence-electron chi connectivity index (χ4n) is 2.16. The van der Waals surface area contributed by atoms with E-state index in [-0.39, 0.29) is 0 Å². The summed E-state index contributed by atoms with van der Waals surface area (Å²) in [5.41, 5.74) is 2.50. The van der Waals surface area contributed by atoms with Gasteiger partial charge in [-0.15, -0.1) is 11.6 Å². The summed E-state index contributed by atoms with van der Waals surface area (Å²) in [7, 11) is 0. The fourth-order valence-corrected chi connectivity index (χ4v) is 3.26. The SMILES string of the molecule is ClCCc1nc2cc(Br)cnc2n1-c1cccc(Cl)c1Br. The molecule has 0 aliphatic carbocycles. The van der Waals surface area contributed by atoms with Crippen molar-refractivity contribution in [1.82, 2.24) is 14.5 Å². The van der Waals surface area contributed by atoms with Crippen LogP contribution < -0.4 is 0 Å². The number of pyridine rings is 1. The lowest BCUT2D eigenvalue weighted by atomic mass is 10.3. The lowest BCUT2D eigenvalue weighted by Crippen LogP contribution is -2.04. The van der Waals surface area contributed by atoms with Crippen LogP contribution in [0.3, 0.4) is 0 Å². The Labute approximate surface area is 148 Å². The Bertz CT molecular complexity index is 817. The van der Waals surface area contributed by atoms with Crippen LogP contribution in [0.1, 0.15) is 5.82 Å². The van der Waals surface area contributed by atoms with Crippen molar-refractivity contribution in [2.24, 2.45) is 0 Å². The molecule has 1 aromatic carbocycles. The number of halogens is 4. The van der Waals surface area contributed by atoms with Gasteiger partial charge < -0.3 is 0 Å². The van der Waals surface area contributed by atoms with Gasteiger partial charge in [-0.3, -0.25) is 4.57 Å². The molecule has 0 atom stereocenters. The van der Waals surface area contributed by atoms with Gasteiger partial charge in [0.1, 0.15) is 11.3 Å². The van der Waals surface area contributed by atoms with Crippen LogP contribution >= 0.6 is 55.1 Å². The average molecular weight is 450 g/mol. The summed E-state index contributed by atoms with van der Waals surface area (Å²) < 4.78 is 3.69. The van der Waals surface area contributed by atoms with Crippen molar-refractivity contribution in [3.05, 3.63) is 50.3 Å². The summed E-state index contributed by atoms with van der Waals surface area (Å²) in [6, 6.07) is 7.64. The fraction of sp³-hybridized carbons (Fsp3) is 0.143. The second-order valence-electron chi connectivity index (χ2n) is 4.37. The second-order valence-corrected chi connectivity index (χ2v) is 6.87. The molecule has 3 nitrogen and oxygen atoms in total. The zero-order chi connectivity index (χ0) is 15.0. The predicted molar refractivity (Wildman–Crippen MR) is 93.7 cm³/mol. The molecule has 0 saturated heterocycles. The highest BCUT2D eigenvalue weighted by atomic mass is 79.9. The minimum absolute atomic E-state index is 0.489. The summed E-state index contributed by atoms with van der Waals surface area (Å²) >= 11 is 19.1. The topological polar surface area (TPSA) is 30.7 Å². The van der Waals surface area contributed by atoms with Gasteiger partial charge in [0.05, 0.1) is 15.2 Å². The Morgan fingerprint density at radius 2 is 2.05 bits per heavy atom. The van der Waals surface area contributed by atoms with E-state index in [2.05, 4.69) is 41.8 Å². The number of benzene rings is 1. The van der Waals surface area contributed by atoms with Crippen molar-refractivity contribution in [2.75, 3.05) is 5.88 Å². The van der Waals surface area contributed by atoms with Gasteiger partial charge in [0.25, 0.3) is 0 Å². The molecule has 2 heterocycles. The Morgan fingerprint density at radius 1 is 1.24 bits per heavy atom. The van der Waals surface area contributed by atoms with Crippen molar-refractivity contribution in [3.63, 3.8) is 0 Å². The summed E-state index contributed by atoms with van der Waals surface area (Å²) in [5.74, 6) is 1.34. The van der Waals surface area contributed by atoms with Crippen molar-refractivity contribution < 1.29 is 0 Å². The number of aryl methyl sites for hydroxylation is 1. The van der Waals surface area contributed by atoms with E-state index in [1.165, 1.54) is 0 Å². The van der Waals surface area contributed by atoms with E-state index in [1.807, 2.05) is 28.8 Å². The van der Waals surface area contributed by atoms with Crippen LogP contribution in [0, 0.1) is 0 Å². The molecule has 0 aliphatic rings. The summed E-state index contributed by atoms with van der Waals surface area (Å²) in [6.07, 6.45) is 2.40. The highest BCUT2D eigenvalue weighted by molar-refractivity contribution is 9.11. The normalized spacial score (nSPS) is 11.2. The van der Waals surface area contributed by atoms with Crippen LogP contribution in [0.2, 0.25) is 5.02 Å². The van der Waals surface area contributed by atoms with Gasteiger partial charge in [-0.2, -0.15) is 0 Å². The first-order chi connectivity index (χ1) is 10.1. The van der Waals surface area contributed by atoms with E-state index in [4.69, 9.17) is 23.2 Å². The molecule has 3 rings (SSSR count). The highest BCUT2D eigenvalue weighted by Crippen LogP contribution is 2.32. The highest BCUT2D eigenvalue weighted by Gasteiger charge is 2.16. The molecule has 0 fully saturated rings. The molecule has 0 bridgehead atoms. The minimum Gasteiger partial charge on any atom is -0.279 e. The van der Waals surface area contributed by atoms with Gasteiger partial charge in [0.15, 0.2) is 5.65 Å². The van der Waals surface area contributed by atoms with E-state index in [0.717, 1.165) is 31.6 Å². The molecule has 0 saturated carbocycles. The van der Waals surface area contributed by atoms with Crippen LogP contribution in [0.5, 0.6) is 0 Å². The van der Waals surface area contributed by atoms with Crippen LogP contribution in [-0.4, -0.2) is 20.4 Å². The Kier molecular flexibility index (Phi) is 4.54. The lowest BCUT2D eigenvalue weighted by Gasteiger charge is -2.11. The molecule has 21 heavy (non-hydrogen) atoms. The number of rotatable bonds is 3. The maximum Gasteiger partial charge on any atom is 0.164 e. The second kappa shape index (κ2) is 6.24. The van der Waals surface area contributed by atoms with E-state index in [1.54, 1.807) is 6.20 Å². The zero-order valence-corrected chi connectivity index (χ0v) is 15.3. The molecule has 0 radical (unpaired) electrons. The van der Waals surface area contributed by atoms with Gasteiger partial charge in [-0.05, 0) is 50.1 Å². The predicted octanol–water partition coefficient (Wildman–Crippen LogP) is 5.38. The molecular formula is C14H9Br2Cl2N3. The van der Waals surface area contributed by atoms with E-state index < -0.39 is 0 Å². The van der Waals surface area contributed by atoms with Crippen molar-refractivity contribution in [1.29, 1.82) is 0 Å². The number of nitrogens with zero attached hydrogens (tertiary/aromatic N) is 3. The third-order valence-electron chi connectivity index (χ3n) is 3.02. The van der Waals surface area contributed by atoms with Gasteiger partial charge in [-0.25, -0.2) is 9.97 Å². The van der Waals surface area contributed by atoms with Crippen molar-refractivity contribution >= 4 is 66.2 Å². The van der Waals surface area contributed by atoms with Crippen LogP contribution in [-0.2, 0) is 6.42 Å². The number of hydrogen-bond donors (Lipinski definition) is 0.